The van der Waals surface area contributed by atoms with Crippen LogP contribution in [0.1, 0.15) is 10.6 Å². The summed E-state index contributed by atoms with van der Waals surface area (Å²) in [5.74, 6) is -1.37. The van der Waals surface area contributed by atoms with E-state index in [1.807, 2.05) is 0 Å². The number of carbonyl (C=O) groups is 1. The molecule has 0 unspecified atom stereocenters. The van der Waals surface area contributed by atoms with Gasteiger partial charge >= 0.3 is 5.97 Å². The van der Waals surface area contributed by atoms with Gasteiger partial charge in [0, 0.05) is 21.7 Å². The van der Waals surface area contributed by atoms with Crippen molar-refractivity contribution in [1.82, 2.24) is 9.97 Å². The number of benzene rings is 2. The molecular weight excluding hydrogens is 399 g/mol. The minimum Gasteiger partial charge on any atom is -0.463 e. The second-order valence-electron chi connectivity index (χ2n) is 6.08. The highest BCUT2D eigenvalue weighted by Gasteiger charge is 2.16. The average Bonchev–Trinajstić information content (AvgIpc) is 3.14. The lowest BCUT2D eigenvalue weighted by Crippen LogP contribution is -2.05. The number of anilines is 3. The number of fused-ring (bicyclic) bond motifs is 1. The van der Waals surface area contributed by atoms with Gasteiger partial charge in [-0.15, -0.1) is 0 Å². The summed E-state index contributed by atoms with van der Waals surface area (Å²) in [6.07, 6.45) is 0. The maximum atomic E-state index is 14.5. The lowest BCUT2D eigenvalue weighted by molar-refractivity contribution is 0.0567. The van der Waals surface area contributed by atoms with E-state index in [-0.39, 0.29) is 23.2 Å². The van der Waals surface area contributed by atoms with Crippen molar-refractivity contribution in [2.75, 3.05) is 18.2 Å². The molecule has 4 aromatic rings. The van der Waals surface area contributed by atoms with E-state index in [1.165, 1.54) is 7.11 Å². The number of rotatable bonds is 4. The van der Waals surface area contributed by atoms with Crippen LogP contribution in [0.5, 0.6) is 0 Å². The molecule has 4 rings (SSSR count). The van der Waals surface area contributed by atoms with Crippen molar-refractivity contribution in [3.63, 3.8) is 0 Å². The molecule has 0 amide bonds. The second-order valence-corrected chi connectivity index (χ2v) is 6.52. The number of aromatic nitrogens is 2. The molecule has 29 heavy (non-hydrogen) atoms. The molecule has 146 valence electrons. The number of ether oxygens (including phenoxy) is 1. The Labute approximate surface area is 169 Å². The van der Waals surface area contributed by atoms with Gasteiger partial charge in [0.25, 0.3) is 0 Å². The summed E-state index contributed by atoms with van der Waals surface area (Å²) < 4.78 is 24.5. The van der Waals surface area contributed by atoms with Crippen molar-refractivity contribution in [2.24, 2.45) is 0 Å². The van der Waals surface area contributed by atoms with Crippen LogP contribution in [0.4, 0.5) is 21.8 Å². The van der Waals surface area contributed by atoms with Crippen LogP contribution in [-0.4, -0.2) is 23.0 Å². The Hall–Kier alpha value is -3.65. The number of nitrogen functional groups attached to an aromatic ring is 1. The van der Waals surface area contributed by atoms with Crippen molar-refractivity contribution >= 4 is 46.0 Å². The van der Waals surface area contributed by atoms with Gasteiger partial charge in [-0.3, -0.25) is 0 Å². The third-order valence-electron chi connectivity index (χ3n) is 4.15. The molecule has 0 aliphatic heterocycles. The van der Waals surface area contributed by atoms with Gasteiger partial charge in [-0.05, 0) is 36.4 Å². The molecule has 7 nitrogen and oxygen atoms in total. The van der Waals surface area contributed by atoms with E-state index in [4.69, 9.17) is 21.8 Å². The Kier molecular flexibility index (Phi) is 4.77. The van der Waals surface area contributed by atoms with Crippen molar-refractivity contribution in [2.45, 2.75) is 0 Å². The van der Waals surface area contributed by atoms with E-state index < -0.39 is 11.8 Å². The van der Waals surface area contributed by atoms with Crippen LogP contribution in [0, 0.1) is 5.82 Å². The normalized spacial score (nSPS) is 10.9. The highest BCUT2D eigenvalue weighted by atomic mass is 35.5. The minimum atomic E-state index is -0.717. The van der Waals surface area contributed by atoms with Gasteiger partial charge < -0.3 is 20.2 Å². The third kappa shape index (κ3) is 3.70. The van der Waals surface area contributed by atoms with E-state index in [0.29, 0.717) is 27.2 Å². The van der Waals surface area contributed by atoms with E-state index in [1.54, 1.807) is 48.5 Å². The first-order chi connectivity index (χ1) is 13.9. The predicted molar refractivity (Wildman–Crippen MR) is 108 cm³/mol. The Morgan fingerprint density at radius 2 is 1.93 bits per heavy atom. The fraction of sp³-hybridized carbons (Fsp3) is 0.0500. The minimum absolute atomic E-state index is 0.0500. The molecule has 0 atom stereocenters. The zero-order chi connectivity index (χ0) is 20.5. The van der Waals surface area contributed by atoms with Crippen LogP contribution in [0.15, 0.2) is 52.9 Å². The van der Waals surface area contributed by atoms with Crippen LogP contribution in [0.3, 0.4) is 0 Å². The van der Waals surface area contributed by atoms with Gasteiger partial charge in [0.15, 0.2) is 11.6 Å². The molecule has 2 aromatic heterocycles. The summed E-state index contributed by atoms with van der Waals surface area (Å²) in [7, 11) is 1.27. The maximum absolute atomic E-state index is 14.5. The van der Waals surface area contributed by atoms with Crippen LogP contribution in [0.25, 0.3) is 22.2 Å². The zero-order valence-electron chi connectivity index (χ0n) is 15.1. The standard InChI is InChI=1S/C20H14ClFN4O3/c1-28-19(27)15-9-11-8-13(6-7-14(11)29-15)24-20-25-17(16(22)18(23)26-20)10-2-4-12(21)5-3-10/h2-9H,1H3,(H3,23,24,25,26). The number of hydrogen-bond acceptors (Lipinski definition) is 7. The summed E-state index contributed by atoms with van der Waals surface area (Å²) in [5.41, 5.74) is 7.40. The first-order valence-electron chi connectivity index (χ1n) is 8.42. The molecule has 2 aromatic carbocycles. The second kappa shape index (κ2) is 7.40. The number of hydrogen-bond donors (Lipinski definition) is 2. The quantitative estimate of drug-likeness (QED) is 0.464. The van der Waals surface area contributed by atoms with E-state index in [2.05, 4.69) is 20.0 Å². The highest BCUT2D eigenvalue weighted by molar-refractivity contribution is 6.30. The topological polar surface area (TPSA) is 103 Å². The van der Waals surface area contributed by atoms with Gasteiger partial charge in [0.2, 0.25) is 11.7 Å². The van der Waals surface area contributed by atoms with Gasteiger partial charge in [0.1, 0.15) is 11.3 Å². The van der Waals surface area contributed by atoms with Gasteiger partial charge in [-0.25, -0.2) is 14.2 Å². The van der Waals surface area contributed by atoms with Crippen molar-refractivity contribution in [3.05, 3.63) is 65.1 Å². The van der Waals surface area contributed by atoms with E-state index in [9.17, 15) is 9.18 Å². The summed E-state index contributed by atoms with van der Waals surface area (Å²) in [5, 5.41) is 4.18. The molecule has 0 bridgehead atoms. The highest BCUT2D eigenvalue weighted by Crippen LogP contribution is 2.28. The lowest BCUT2D eigenvalue weighted by atomic mass is 10.1. The van der Waals surface area contributed by atoms with Crippen LogP contribution in [0.2, 0.25) is 5.02 Å². The first-order valence-corrected chi connectivity index (χ1v) is 8.80. The number of esters is 1. The summed E-state index contributed by atoms with van der Waals surface area (Å²) in [4.78, 5) is 19.8. The lowest BCUT2D eigenvalue weighted by Gasteiger charge is -2.10. The largest absolute Gasteiger partial charge is 0.463 e. The Balaban J connectivity index is 1.68. The molecule has 0 radical (unpaired) electrons. The first kappa shape index (κ1) is 18.7. The zero-order valence-corrected chi connectivity index (χ0v) is 15.8. The van der Waals surface area contributed by atoms with Crippen LogP contribution < -0.4 is 11.1 Å². The number of nitrogens with one attached hydrogen (secondary N) is 1. The molecule has 0 aliphatic rings. The molecule has 0 saturated carbocycles. The molecule has 2 heterocycles. The number of nitrogens with two attached hydrogens (primary N) is 1. The van der Waals surface area contributed by atoms with Gasteiger partial charge in [-0.2, -0.15) is 4.98 Å². The smallest absolute Gasteiger partial charge is 0.373 e. The molecule has 3 N–H and O–H groups in total. The summed E-state index contributed by atoms with van der Waals surface area (Å²) in [6.45, 7) is 0. The van der Waals surface area contributed by atoms with E-state index >= 15 is 0 Å². The summed E-state index contributed by atoms with van der Waals surface area (Å²) in [6, 6.07) is 13.2. The van der Waals surface area contributed by atoms with E-state index in [0.717, 1.165) is 0 Å². The van der Waals surface area contributed by atoms with Crippen LogP contribution >= 0.6 is 11.6 Å². The average molecular weight is 413 g/mol. The van der Waals surface area contributed by atoms with Crippen LogP contribution in [-0.2, 0) is 4.74 Å². The maximum Gasteiger partial charge on any atom is 0.373 e. The molecule has 0 saturated heterocycles. The fourth-order valence-corrected chi connectivity index (χ4v) is 2.90. The monoisotopic (exact) mass is 412 g/mol. The molecule has 0 aliphatic carbocycles. The Bertz CT molecular complexity index is 1220. The Morgan fingerprint density at radius 1 is 1.17 bits per heavy atom. The molecule has 0 fully saturated rings. The van der Waals surface area contributed by atoms with Gasteiger partial charge in [-0.1, -0.05) is 23.7 Å². The number of halogens is 2. The van der Waals surface area contributed by atoms with Crippen molar-refractivity contribution < 1.29 is 18.3 Å². The summed E-state index contributed by atoms with van der Waals surface area (Å²) >= 11 is 5.89. The number of nitrogens with zero attached hydrogens (tertiary/aromatic N) is 2. The van der Waals surface area contributed by atoms with Crippen molar-refractivity contribution in [3.8, 4) is 11.3 Å². The predicted octanol–water partition coefficient (Wildman–Crippen LogP) is 4.79. The molecule has 0 spiro atoms. The SMILES string of the molecule is COC(=O)c1cc2cc(Nc3nc(N)c(F)c(-c4ccc(Cl)cc4)n3)ccc2o1. The Morgan fingerprint density at radius 3 is 2.66 bits per heavy atom. The number of carbonyl (C=O) groups excluding carboxylic acids is 1. The number of furan rings is 1. The fourth-order valence-electron chi connectivity index (χ4n) is 2.77. The molecule has 9 heteroatoms. The van der Waals surface area contributed by atoms with Gasteiger partial charge in [0.05, 0.1) is 7.11 Å². The third-order valence-corrected chi connectivity index (χ3v) is 4.41. The number of methoxy groups -OCH3 is 1. The van der Waals surface area contributed by atoms with Crippen molar-refractivity contribution in [1.29, 1.82) is 0 Å². The molecular formula is C20H14ClFN4O3.